The molecule has 0 aliphatic carbocycles. The first-order valence-electron chi connectivity index (χ1n) is 7.49. The van der Waals surface area contributed by atoms with Crippen molar-refractivity contribution in [3.63, 3.8) is 0 Å². The van der Waals surface area contributed by atoms with Gasteiger partial charge in [0.15, 0.2) is 9.84 Å². The summed E-state index contributed by atoms with van der Waals surface area (Å²) in [6, 6.07) is 15.5. The van der Waals surface area contributed by atoms with Crippen molar-refractivity contribution in [2.45, 2.75) is 11.8 Å². The number of aromatic nitrogens is 1. The third kappa shape index (κ3) is 3.14. The van der Waals surface area contributed by atoms with Gasteiger partial charge in [0.1, 0.15) is 5.69 Å². The number of carbonyl (C=O) groups is 1. The highest BCUT2D eigenvalue weighted by Crippen LogP contribution is 2.20. The molecular formula is C18H16N2O3S. The minimum Gasteiger partial charge on any atom is -0.321 e. The van der Waals surface area contributed by atoms with Crippen LogP contribution in [-0.4, -0.2) is 25.1 Å². The van der Waals surface area contributed by atoms with Gasteiger partial charge in [-0.2, -0.15) is 0 Å². The summed E-state index contributed by atoms with van der Waals surface area (Å²) in [6.45, 7) is 1.58. The zero-order chi connectivity index (χ0) is 17.2. The Balaban J connectivity index is 1.94. The second-order valence-electron chi connectivity index (χ2n) is 5.27. The molecule has 6 heteroatoms. The molecule has 0 saturated heterocycles. The SMILES string of the molecule is CCS(=O)(=O)c1cccc(NC(=O)c2nccc3ccccc23)c1. The van der Waals surface area contributed by atoms with Gasteiger partial charge in [-0.1, -0.05) is 37.3 Å². The standard InChI is InChI=1S/C18H16N2O3S/c1-2-24(22,23)15-8-5-7-14(12-15)20-18(21)17-16-9-4-3-6-13(16)10-11-19-17/h3-12H,2H2,1H3,(H,20,21). The van der Waals surface area contributed by atoms with E-state index >= 15 is 0 Å². The molecule has 1 heterocycles. The number of nitrogens with one attached hydrogen (secondary N) is 1. The smallest absolute Gasteiger partial charge is 0.274 e. The van der Waals surface area contributed by atoms with E-state index in [9.17, 15) is 13.2 Å². The average Bonchev–Trinajstić information content (AvgIpc) is 2.61. The number of hydrogen-bond donors (Lipinski definition) is 1. The molecule has 0 unspecified atom stereocenters. The molecule has 0 fully saturated rings. The van der Waals surface area contributed by atoms with Crippen molar-refractivity contribution in [1.82, 2.24) is 4.98 Å². The van der Waals surface area contributed by atoms with E-state index in [1.807, 2.05) is 30.3 Å². The first kappa shape index (κ1) is 16.1. The largest absolute Gasteiger partial charge is 0.321 e. The van der Waals surface area contributed by atoms with Crippen molar-refractivity contribution >= 4 is 32.2 Å². The number of pyridine rings is 1. The first-order valence-corrected chi connectivity index (χ1v) is 9.14. The van der Waals surface area contributed by atoms with Crippen LogP contribution in [0.25, 0.3) is 10.8 Å². The van der Waals surface area contributed by atoms with Crippen LogP contribution in [0, 0.1) is 0 Å². The van der Waals surface area contributed by atoms with Crippen LogP contribution in [-0.2, 0) is 9.84 Å². The Bertz CT molecular complexity index is 1010. The lowest BCUT2D eigenvalue weighted by atomic mass is 10.1. The topological polar surface area (TPSA) is 76.1 Å². The fourth-order valence-corrected chi connectivity index (χ4v) is 3.35. The molecular weight excluding hydrogens is 324 g/mol. The average molecular weight is 340 g/mol. The Kier molecular flexibility index (Phi) is 4.31. The molecule has 1 aromatic heterocycles. The molecule has 0 spiro atoms. The van der Waals surface area contributed by atoms with Crippen LogP contribution in [0.4, 0.5) is 5.69 Å². The number of nitrogens with zero attached hydrogens (tertiary/aromatic N) is 1. The summed E-state index contributed by atoms with van der Waals surface area (Å²) in [5, 5.41) is 4.38. The van der Waals surface area contributed by atoms with Crippen LogP contribution >= 0.6 is 0 Å². The molecule has 1 amide bonds. The van der Waals surface area contributed by atoms with E-state index in [0.29, 0.717) is 11.4 Å². The second kappa shape index (κ2) is 6.41. The first-order chi connectivity index (χ1) is 11.5. The zero-order valence-corrected chi connectivity index (χ0v) is 13.9. The minimum absolute atomic E-state index is 0.00920. The van der Waals surface area contributed by atoms with E-state index in [1.165, 1.54) is 12.1 Å². The molecule has 0 aliphatic heterocycles. The summed E-state index contributed by atoms with van der Waals surface area (Å²) in [5.41, 5.74) is 0.723. The summed E-state index contributed by atoms with van der Waals surface area (Å²) in [5.74, 6) is -0.368. The molecule has 0 radical (unpaired) electrons. The lowest BCUT2D eigenvalue weighted by Gasteiger charge is -2.09. The monoisotopic (exact) mass is 340 g/mol. The van der Waals surface area contributed by atoms with E-state index in [4.69, 9.17) is 0 Å². The molecule has 122 valence electrons. The van der Waals surface area contributed by atoms with Gasteiger partial charge in [0, 0.05) is 17.3 Å². The van der Waals surface area contributed by atoms with Gasteiger partial charge in [0.25, 0.3) is 5.91 Å². The number of hydrogen-bond acceptors (Lipinski definition) is 4. The van der Waals surface area contributed by atoms with Gasteiger partial charge in [-0.3, -0.25) is 9.78 Å². The Morgan fingerprint density at radius 1 is 1.08 bits per heavy atom. The van der Waals surface area contributed by atoms with Crippen molar-refractivity contribution in [3.8, 4) is 0 Å². The van der Waals surface area contributed by atoms with Crippen molar-refractivity contribution in [2.75, 3.05) is 11.1 Å². The molecule has 3 aromatic rings. The third-order valence-corrected chi connectivity index (χ3v) is 5.45. The van der Waals surface area contributed by atoms with Crippen LogP contribution in [0.5, 0.6) is 0 Å². The van der Waals surface area contributed by atoms with Crippen molar-refractivity contribution in [1.29, 1.82) is 0 Å². The fourth-order valence-electron chi connectivity index (χ4n) is 2.42. The number of benzene rings is 2. The van der Waals surface area contributed by atoms with Crippen LogP contribution < -0.4 is 5.32 Å². The van der Waals surface area contributed by atoms with Crippen molar-refractivity contribution in [3.05, 3.63) is 66.5 Å². The number of carbonyl (C=O) groups excluding carboxylic acids is 1. The molecule has 1 N–H and O–H groups in total. The Hall–Kier alpha value is -2.73. The van der Waals surface area contributed by atoms with Crippen molar-refractivity contribution < 1.29 is 13.2 Å². The lowest BCUT2D eigenvalue weighted by molar-refractivity contribution is 0.102. The van der Waals surface area contributed by atoms with Crippen LogP contribution in [0.1, 0.15) is 17.4 Å². The number of sulfone groups is 1. The van der Waals surface area contributed by atoms with Crippen molar-refractivity contribution in [2.24, 2.45) is 0 Å². The van der Waals surface area contributed by atoms with Gasteiger partial charge in [-0.25, -0.2) is 8.42 Å². The molecule has 24 heavy (non-hydrogen) atoms. The van der Waals surface area contributed by atoms with Gasteiger partial charge in [-0.05, 0) is 29.7 Å². The highest BCUT2D eigenvalue weighted by Gasteiger charge is 2.15. The molecule has 5 nitrogen and oxygen atoms in total. The summed E-state index contributed by atoms with van der Waals surface area (Å²) >= 11 is 0. The molecule has 0 atom stereocenters. The molecule has 2 aromatic carbocycles. The van der Waals surface area contributed by atoms with Crippen LogP contribution in [0.15, 0.2) is 65.7 Å². The Morgan fingerprint density at radius 2 is 1.88 bits per heavy atom. The predicted molar refractivity (Wildman–Crippen MR) is 93.9 cm³/mol. The maximum atomic E-state index is 12.5. The minimum atomic E-state index is -3.32. The van der Waals surface area contributed by atoms with Gasteiger partial charge >= 0.3 is 0 Å². The highest BCUT2D eigenvalue weighted by molar-refractivity contribution is 7.91. The maximum Gasteiger partial charge on any atom is 0.274 e. The Morgan fingerprint density at radius 3 is 2.67 bits per heavy atom. The summed E-state index contributed by atoms with van der Waals surface area (Å²) in [6.07, 6.45) is 1.58. The summed E-state index contributed by atoms with van der Waals surface area (Å²) in [7, 11) is -3.32. The van der Waals surface area contributed by atoms with Gasteiger partial charge in [-0.15, -0.1) is 0 Å². The van der Waals surface area contributed by atoms with E-state index in [0.717, 1.165) is 10.8 Å². The Labute approximate surface area is 140 Å². The molecule has 3 rings (SSSR count). The number of fused-ring (bicyclic) bond motifs is 1. The van der Waals surface area contributed by atoms with E-state index < -0.39 is 9.84 Å². The quantitative estimate of drug-likeness (QED) is 0.791. The maximum absolute atomic E-state index is 12.5. The molecule has 0 bridgehead atoms. The molecule has 0 saturated carbocycles. The summed E-state index contributed by atoms with van der Waals surface area (Å²) < 4.78 is 23.9. The van der Waals surface area contributed by atoms with Gasteiger partial charge in [0.05, 0.1) is 10.6 Å². The van der Waals surface area contributed by atoms with Gasteiger partial charge in [0.2, 0.25) is 0 Å². The van der Waals surface area contributed by atoms with Gasteiger partial charge < -0.3 is 5.32 Å². The van der Waals surface area contributed by atoms with Crippen LogP contribution in [0.3, 0.4) is 0 Å². The number of rotatable bonds is 4. The highest BCUT2D eigenvalue weighted by atomic mass is 32.2. The van der Waals surface area contributed by atoms with Crippen LogP contribution in [0.2, 0.25) is 0 Å². The second-order valence-corrected chi connectivity index (χ2v) is 7.54. The van der Waals surface area contributed by atoms with E-state index in [-0.39, 0.29) is 16.6 Å². The number of amides is 1. The lowest BCUT2D eigenvalue weighted by Crippen LogP contribution is -2.14. The predicted octanol–water partition coefficient (Wildman–Crippen LogP) is 3.28. The summed E-state index contributed by atoms with van der Waals surface area (Å²) in [4.78, 5) is 16.9. The zero-order valence-electron chi connectivity index (χ0n) is 13.1. The fraction of sp³-hybridized carbons (Fsp3) is 0.111. The van der Waals surface area contributed by atoms with E-state index in [1.54, 1.807) is 25.3 Å². The van der Waals surface area contributed by atoms with E-state index in [2.05, 4.69) is 10.3 Å². The molecule has 0 aliphatic rings. The normalized spacial score (nSPS) is 11.4. The third-order valence-electron chi connectivity index (χ3n) is 3.72. The number of anilines is 1.